The zero-order valence-corrected chi connectivity index (χ0v) is 12.8. The van der Waals surface area contributed by atoms with E-state index in [1.54, 1.807) is 4.68 Å². The Hall–Kier alpha value is -1.92. The first-order valence-corrected chi connectivity index (χ1v) is 7.17. The van der Waals surface area contributed by atoms with Gasteiger partial charge in [0.1, 0.15) is 17.7 Å². The third-order valence-corrected chi connectivity index (χ3v) is 3.76. The van der Waals surface area contributed by atoms with E-state index in [2.05, 4.69) is 20.7 Å². The van der Waals surface area contributed by atoms with Gasteiger partial charge in [-0.1, -0.05) is 18.5 Å². The van der Waals surface area contributed by atoms with Gasteiger partial charge in [0.05, 0.1) is 10.7 Å². The topological polar surface area (TPSA) is 71.8 Å². The van der Waals surface area contributed by atoms with E-state index in [0.29, 0.717) is 23.1 Å². The molecule has 1 aliphatic heterocycles. The molecule has 7 heteroatoms. The second kappa shape index (κ2) is 5.13. The quantitative estimate of drug-likeness (QED) is 0.911. The van der Waals surface area contributed by atoms with E-state index < -0.39 is 0 Å². The molecule has 0 spiro atoms. The van der Waals surface area contributed by atoms with Crippen molar-refractivity contribution in [2.45, 2.75) is 26.8 Å². The maximum atomic E-state index is 12.0. The molecule has 2 N–H and O–H groups in total. The summed E-state index contributed by atoms with van der Waals surface area (Å²) in [5.41, 5.74) is 2.34. The van der Waals surface area contributed by atoms with Crippen LogP contribution in [0.25, 0.3) is 5.69 Å². The molecule has 2 aromatic rings. The highest BCUT2D eigenvalue weighted by Crippen LogP contribution is 2.36. The number of hydrogen-bond acceptors (Lipinski definition) is 4. The van der Waals surface area contributed by atoms with Gasteiger partial charge in [-0.15, -0.1) is 0 Å². The summed E-state index contributed by atoms with van der Waals surface area (Å²) >= 11 is 6.38. The van der Waals surface area contributed by atoms with E-state index >= 15 is 0 Å². The summed E-state index contributed by atoms with van der Waals surface area (Å²) in [6.07, 6.45) is 0. The van der Waals surface area contributed by atoms with Gasteiger partial charge in [-0.05, 0) is 32.5 Å². The van der Waals surface area contributed by atoms with E-state index in [0.717, 1.165) is 17.1 Å². The van der Waals surface area contributed by atoms with Gasteiger partial charge in [-0.3, -0.25) is 4.79 Å². The molecule has 1 aromatic heterocycles. The SMILES string of the molecule is CCNC1C(=O)Nc2cc(-n3nc(C)nc3C)c(Cl)cc21. The molecule has 21 heavy (non-hydrogen) atoms. The van der Waals surface area contributed by atoms with E-state index in [9.17, 15) is 4.79 Å². The van der Waals surface area contributed by atoms with Crippen molar-refractivity contribution in [3.8, 4) is 5.69 Å². The van der Waals surface area contributed by atoms with Crippen LogP contribution in [0.15, 0.2) is 12.1 Å². The fourth-order valence-corrected chi connectivity index (χ4v) is 2.84. The van der Waals surface area contributed by atoms with Gasteiger partial charge in [0.2, 0.25) is 5.91 Å². The number of halogens is 1. The largest absolute Gasteiger partial charge is 0.324 e. The predicted octanol–water partition coefficient (Wildman–Crippen LogP) is 2.14. The molecule has 6 nitrogen and oxygen atoms in total. The number of nitrogens with one attached hydrogen (secondary N) is 2. The van der Waals surface area contributed by atoms with Crippen molar-refractivity contribution in [1.29, 1.82) is 0 Å². The normalized spacial score (nSPS) is 17.0. The van der Waals surface area contributed by atoms with Crippen LogP contribution in [0.4, 0.5) is 5.69 Å². The average Bonchev–Trinajstić information content (AvgIpc) is 2.90. The molecule has 1 aliphatic rings. The van der Waals surface area contributed by atoms with Crippen LogP contribution in [0.3, 0.4) is 0 Å². The van der Waals surface area contributed by atoms with Crippen LogP contribution in [0, 0.1) is 13.8 Å². The fourth-order valence-electron chi connectivity index (χ4n) is 2.59. The molecule has 3 rings (SSSR count). The number of carbonyl (C=O) groups is 1. The molecule has 0 fully saturated rings. The van der Waals surface area contributed by atoms with E-state index in [4.69, 9.17) is 11.6 Å². The summed E-state index contributed by atoms with van der Waals surface area (Å²) in [7, 11) is 0. The lowest BCUT2D eigenvalue weighted by molar-refractivity contribution is -0.117. The van der Waals surface area contributed by atoms with Gasteiger partial charge < -0.3 is 10.6 Å². The summed E-state index contributed by atoms with van der Waals surface area (Å²) in [5.74, 6) is 1.37. The third kappa shape index (κ3) is 2.30. The lowest BCUT2D eigenvalue weighted by atomic mass is 10.1. The Kier molecular flexibility index (Phi) is 3.43. The van der Waals surface area contributed by atoms with Crippen molar-refractivity contribution in [3.63, 3.8) is 0 Å². The Bertz CT molecular complexity index is 724. The van der Waals surface area contributed by atoms with Gasteiger partial charge in [0.25, 0.3) is 0 Å². The minimum atomic E-state index is -0.352. The molecule has 0 bridgehead atoms. The number of amides is 1. The van der Waals surface area contributed by atoms with Crippen LogP contribution in [0.5, 0.6) is 0 Å². The van der Waals surface area contributed by atoms with Gasteiger partial charge >= 0.3 is 0 Å². The van der Waals surface area contributed by atoms with Crippen molar-refractivity contribution in [1.82, 2.24) is 20.1 Å². The monoisotopic (exact) mass is 305 g/mol. The molecule has 0 radical (unpaired) electrons. The second-order valence-electron chi connectivity index (χ2n) is 4.99. The van der Waals surface area contributed by atoms with Gasteiger partial charge in [-0.25, -0.2) is 9.67 Å². The smallest absolute Gasteiger partial charge is 0.246 e. The van der Waals surface area contributed by atoms with Gasteiger partial charge in [-0.2, -0.15) is 5.10 Å². The number of aryl methyl sites for hydroxylation is 2. The Morgan fingerprint density at radius 2 is 2.19 bits per heavy atom. The van der Waals surface area contributed by atoms with Crippen LogP contribution in [0.1, 0.15) is 30.2 Å². The highest BCUT2D eigenvalue weighted by Gasteiger charge is 2.31. The van der Waals surface area contributed by atoms with Crippen molar-refractivity contribution in [2.24, 2.45) is 0 Å². The summed E-state index contributed by atoms with van der Waals surface area (Å²) in [5, 5.41) is 10.9. The highest BCUT2D eigenvalue weighted by atomic mass is 35.5. The fraction of sp³-hybridized carbons (Fsp3) is 0.357. The van der Waals surface area contributed by atoms with Crippen molar-refractivity contribution in [3.05, 3.63) is 34.4 Å². The molecule has 0 aliphatic carbocycles. The highest BCUT2D eigenvalue weighted by molar-refractivity contribution is 6.32. The van der Waals surface area contributed by atoms with Crippen molar-refractivity contribution < 1.29 is 4.79 Å². The standard InChI is InChI=1S/C14H16ClN5O/c1-4-16-13-9-5-10(15)12(6-11(9)18-14(13)21)20-8(3)17-7(2)19-20/h5-6,13,16H,4H2,1-3H3,(H,18,21). The summed E-state index contributed by atoms with van der Waals surface area (Å²) < 4.78 is 1.69. The average molecular weight is 306 g/mol. The van der Waals surface area contributed by atoms with Crippen LogP contribution in [-0.4, -0.2) is 27.2 Å². The number of nitrogens with zero attached hydrogens (tertiary/aromatic N) is 3. The molecular weight excluding hydrogens is 290 g/mol. The Labute approximate surface area is 127 Å². The Morgan fingerprint density at radius 3 is 2.81 bits per heavy atom. The predicted molar refractivity (Wildman–Crippen MR) is 80.9 cm³/mol. The molecular formula is C14H16ClN5O. The van der Waals surface area contributed by atoms with Crippen LogP contribution in [-0.2, 0) is 4.79 Å². The lowest BCUT2D eigenvalue weighted by Gasteiger charge is -2.11. The van der Waals surface area contributed by atoms with Crippen molar-refractivity contribution in [2.75, 3.05) is 11.9 Å². The molecule has 0 saturated heterocycles. The van der Waals surface area contributed by atoms with Gasteiger partial charge in [0, 0.05) is 11.3 Å². The first-order valence-electron chi connectivity index (χ1n) is 6.79. The minimum absolute atomic E-state index is 0.0634. The first-order chi connectivity index (χ1) is 10.0. The van der Waals surface area contributed by atoms with E-state index in [1.165, 1.54) is 0 Å². The Balaban J connectivity index is 2.10. The number of hydrogen-bond donors (Lipinski definition) is 2. The van der Waals surface area contributed by atoms with E-state index in [1.807, 2.05) is 32.9 Å². The summed E-state index contributed by atoms with van der Waals surface area (Å²) in [6.45, 7) is 6.36. The number of likely N-dealkylation sites (N-methyl/N-ethyl adjacent to an activating group) is 1. The molecule has 1 atom stereocenters. The molecule has 1 amide bonds. The zero-order valence-electron chi connectivity index (χ0n) is 12.1. The van der Waals surface area contributed by atoms with Crippen LogP contribution in [0.2, 0.25) is 5.02 Å². The molecule has 1 unspecified atom stereocenters. The maximum absolute atomic E-state index is 12.0. The summed E-state index contributed by atoms with van der Waals surface area (Å²) in [6, 6.07) is 3.30. The minimum Gasteiger partial charge on any atom is -0.324 e. The second-order valence-corrected chi connectivity index (χ2v) is 5.40. The molecule has 1 aromatic carbocycles. The van der Waals surface area contributed by atoms with Crippen LogP contribution < -0.4 is 10.6 Å². The van der Waals surface area contributed by atoms with Gasteiger partial charge in [0.15, 0.2) is 0 Å². The van der Waals surface area contributed by atoms with Crippen LogP contribution >= 0.6 is 11.6 Å². The number of benzene rings is 1. The number of carbonyl (C=O) groups excluding carboxylic acids is 1. The first kappa shape index (κ1) is 14.0. The zero-order chi connectivity index (χ0) is 15.1. The molecule has 2 heterocycles. The number of fused-ring (bicyclic) bond motifs is 1. The van der Waals surface area contributed by atoms with E-state index in [-0.39, 0.29) is 11.9 Å². The molecule has 110 valence electrons. The molecule has 0 saturated carbocycles. The van der Waals surface area contributed by atoms with Crippen molar-refractivity contribution >= 4 is 23.2 Å². The summed E-state index contributed by atoms with van der Waals surface area (Å²) in [4.78, 5) is 16.3. The maximum Gasteiger partial charge on any atom is 0.246 e. The third-order valence-electron chi connectivity index (χ3n) is 3.46. The Morgan fingerprint density at radius 1 is 1.43 bits per heavy atom. The number of anilines is 1. The lowest BCUT2D eigenvalue weighted by Crippen LogP contribution is -2.27. The number of aromatic nitrogens is 3. The number of rotatable bonds is 3.